The van der Waals surface area contributed by atoms with Crippen molar-refractivity contribution < 1.29 is 9.32 Å². The van der Waals surface area contributed by atoms with Crippen molar-refractivity contribution in [3.63, 3.8) is 0 Å². The summed E-state index contributed by atoms with van der Waals surface area (Å²) in [5, 5.41) is 13.4. The van der Waals surface area contributed by atoms with Crippen molar-refractivity contribution in [3.8, 4) is 0 Å². The molecule has 0 spiro atoms. The van der Waals surface area contributed by atoms with E-state index in [4.69, 9.17) is 4.52 Å². The number of nitrogens with zero attached hydrogens (tertiary/aromatic N) is 2. The molecule has 0 unspecified atom stereocenters. The molecule has 0 bridgehead atoms. The van der Waals surface area contributed by atoms with Crippen molar-refractivity contribution in [3.05, 3.63) is 52.9 Å². The number of halogens is 1. The van der Waals surface area contributed by atoms with Gasteiger partial charge in [0, 0.05) is 24.7 Å². The van der Waals surface area contributed by atoms with Gasteiger partial charge < -0.3 is 20.5 Å². The molecular formula is C21H32IN5O2. The maximum absolute atomic E-state index is 12.1. The van der Waals surface area contributed by atoms with E-state index in [0.29, 0.717) is 37.1 Å². The molecule has 1 heterocycles. The third kappa shape index (κ3) is 8.43. The molecule has 1 aromatic carbocycles. The average molecular weight is 513 g/mol. The fraction of sp³-hybridized carbons (Fsp3) is 0.476. The Labute approximate surface area is 190 Å². The molecule has 1 aromatic heterocycles. The van der Waals surface area contributed by atoms with E-state index >= 15 is 0 Å². The van der Waals surface area contributed by atoms with Gasteiger partial charge in [0.05, 0.1) is 18.8 Å². The first-order valence-electron chi connectivity index (χ1n) is 9.88. The van der Waals surface area contributed by atoms with Gasteiger partial charge in [0.15, 0.2) is 11.7 Å². The molecule has 0 aliphatic heterocycles. The van der Waals surface area contributed by atoms with E-state index in [1.165, 1.54) is 0 Å². The van der Waals surface area contributed by atoms with Crippen molar-refractivity contribution in [1.82, 2.24) is 21.1 Å². The van der Waals surface area contributed by atoms with Crippen LogP contribution < -0.4 is 16.0 Å². The van der Waals surface area contributed by atoms with Crippen molar-refractivity contribution >= 4 is 35.8 Å². The summed E-state index contributed by atoms with van der Waals surface area (Å²) < 4.78 is 5.35. The molecule has 0 radical (unpaired) electrons. The largest absolute Gasteiger partial charge is 0.359 e. The van der Waals surface area contributed by atoms with Crippen LogP contribution in [0.5, 0.6) is 0 Å². The van der Waals surface area contributed by atoms with Gasteiger partial charge in [-0.3, -0.25) is 4.79 Å². The Morgan fingerprint density at radius 2 is 1.97 bits per heavy atom. The number of benzene rings is 1. The second-order valence-electron chi connectivity index (χ2n) is 6.88. The minimum atomic E-state index is -0.0519. The minimum absolute atomic E-state index is 0. The van der Waals surface area contributed by atoms with Crippen molar-refractivity contribution in [1.29, 1.82) is 0 Å². The fourth-order valence-electron chi connectivity index (χ4n) is 2.52. The molecule has 0 atom stereocenters. The van der Waals surface area contributed by atoms with Crippen LogP contribution in [0.1, 0.15) is 67.4 Å². The second-order valence-corrected chi connectivity index (χ2v) is 6.88. The molecule has 8 heteroatoms. The summed E-state index contributed by atoms with van der Waals surface area (Å²) in [5.74, 6) is 1.74. The van der Waals surface area contributed by atoms with Gasteiger partial charge in [0.25, 0.3) is 5.91 Å². The molecule has 29 heavy (non-hydrogen) atoms. The number of nitrogens with one attached hydrogen (secondary N) is 3. The molecule has 0 fully saturated rings. The molecule has 7 nitrogen and oxygen atoms in total. The topological polar surface area (TPSA) is 91.5 Å². The van der Waals surface area contributed by atoms with Gasteiger partial charge in [0.1, 0.15) is 0 Å². The van der Waals surface area contributed by atoms with Crippen LogP contribution >= 0.6 is 24.0 Å². The first kappa shape index (κ1) is 24.9. The van der Waals surface area contributed by atoms with E-state index in [9.17, 15) is 4.79 Å². The molecule has 0 aliphatic rings. The maximum Gasteiger partial charge on any atom is 0.251 e. The Balaban J connectivity index is 0.00000420. The Kier molecular flexibility index (Phi) is 11.3. The third-order valence-corrected chi connectivity index (χ3v) is 4.09. The van der Waals surface area contributed by atoms with Crippen LogP contribution in [0.3, 0.4) is 0 Å². The van der Waals surface area contributed by atoms with Gasteiger partial charge in [-0.2, -0.15) is 0 Å². The summed E-state index contributed by atoms with van der Waals surface area (Å²) in [5.41, 5.74) is 2.57. The monoisotopic (exact) mass is 513 g/mol. The number of rotatable bonds is 9. The number of amides is 1. The Morgan fingerprint density at radius 1 is 1.17 bits per heavy atom. The van der Waals surface area contributed by atoms with Gasteiger partial charge in [-0.05, 0) is 37.0 Å². The first-order valence-corrected chi connectivity index (χ1v) is 9.88. The van der Waals surface area contributed by atoms with Crippen LogP contribution in [-0.2, 0) is 13.1 Å². The van der Waals surface area contributed by atoms with Gasteiger partial charge in [-0.15, -0.1) is 24.0 Å². The predicted octanol–water partition coefficient (Wildman–Crippen LogP) is 3.81. The number of aliphatic imine (C=N–C) groups is 1. The molecule has 160 valence electrons. The summed E-state index contributed by atoms with van der Waals surface area (Å²) in [7, 11) is 0. The van der Waals surface area contributed by atoms with Crippen LogP contribution in [0.4, 0.5) is 0 Å². The molecule has 1 amide bonds. The molecule has 0 aliphatic carbocycles. The molecule has 0 saturated carbocycles. The molecule has 2 aromatic rings. The fourth-order valence-corrected chi connectivity index (χ4v) is 2.52. The van der Waals surface area contributed by atoms with Gasteiger partial charge in [0.2, 0.25) is 0 Å². The number of aromatic nitrogens is 1. The van der Waals surface area contributed by atoms with Crippen LogP contribution in [0.15, 0.2) is 39.8 Å². The lowest BCUT2D eigenvalue weighted by Gasteiger charge is -2.10. The summed E-state index contributed by atoms with van der Waals surface area (Å²) in [6, 6.07) is 9.50. The Morgan fingerprint density at radius 3 is 2.62 bits per heavy atom. The highest BCUT2D eigenvalue weighted by atomic mass is 127. The molecule has 3 N–H and O–H groups in total. The van der Waals surface area contributed by atoms with Crippen molar-refractivity contribution in [2.45, 2.75) is 53.1 Å². The molecular weight excluding hydrogens is 481 g/mol. The minimum Gasteiger partial charge on any atom is -0.359 e. The van der Waals surface area contributed by atoms with E-state index in [1.807, 2.05) is 44.2 Å². The van der Waals surface area contributed by atoms with Crippen molar-refractivity contribution in [2.24, 2.45) is 4.99 Å². The highest BCUT2D eigenvalue weighted by Gasteiger charge is 2.09. The normalized spacial score (nSPS) is 11.1. The van der Waals surface area contributed by atoms with Gasteiger partial charge in [-0.1, -0.05) is 38.1 Å². The van der Waals surface area contributed by atoms with Crippen LogP contribution in [-0.4, -0.2) is 30.1 Å². The van der Waals surface area contributed by atoms with E-state index in [2.05, 4.69) is 39.9 Å². The zero-order valence-corrected chi connectivity index (χ0v) is 19.9. The zero-order valence-electron chi connectivity index (χ0n) is 17.6. The third-order valence-electron chi connectivity index (χ3n) is 4.09. The van der Waals surface area contributed by atoms with E-state index in [-0.39, 0.29) is 29.9 Å². The Bertz CT molecular complexity index is 789. The summed E-state index contributed by atoms with van der Waals surface area (Å²) >= 11 is 0. The van der Waals surface area contributed by atoms with E-state index in [0.717, 1.165) is 30.0 Å². The second kappa shape index (κ2) is 13.2. The van der Waals surface area contributed by atoms with Crippen LogP contribution in [0.25, 0.3) is 0 Å². The summed E-state index contributed by atoms with van der Waals surface area (Å²) in [6.45, 7) is 10.6. The lowest BCUT2D eigenvalue weighted by Crippen LogP contribution is -2.36. The van der Waals surface area contributed by atoms with E-state index < -0.39 is 0 Å². The average Bonchev–Trinajstić information content (AvgIpc) is 3.18. The van der Waals surface area contributed by atoms with Gasteiger partial charge >= 0.3 is 0 Å². The number of guanidine groups is 1. The zero-order chi connectivity index (χ0) is 20.4. The first-order chi connectivity index (χ1) is 13.5. The van der Waals surface area contributed by atoms with E-state index in [1.54, 1.807) is 0 Å². The lowest BCUT2D eigenvalue weighted by atomic mass is 10.1. The lowest BCUT2D eigenvalue weighted by molar-refractivity contribution is 0.0953. The smallest absolute Gasteiger partial charge is 0.251 e. The molecule has 0 saturated heterocycles. The number of hydrogen-bond donors (Lipinski definition) is 3. The summed E-state index contributed by atoms with van der Waals surface area (Å²) in [6.07, 6.45) is 0.914. The van der Waals surface area contributed by atoms with Crippen molar-refractivity contribution in [2.75, 3.05) is 13.1 Å². The van der Waals surface area contributed by atoms with Crippen LogP contribution in [0, 0.1) is 0 Å². The highest BCUT2D eigenvalue weighted by molar-refractivity contribution is 14.0. The number of carbonyl (C=O) groups is 1. The quantitative estimate of drug-likeness (QED) is 0.270. The highest BCUT2D eigenvalue weighted by Crippen LogP contribution is 2.13. The SMILES string of the molecule is CCCNC(=O)c1cccc(CN=C(NCC)NCc2cc(C(C)C)no2)c1.I. The predicted molar refractivity (Wildman–Crippen MR) is 127 cm³/mol. The Hall–Kier alpha value is -2.10. The number of hydrogen-bond acceptors (Lipinski definition) is 4. The maximum atomic E-state index is 12.1. The van der Waals surface area contributed by atoms with Crippen LogP contribution in [0.2, 0.25) is 0 Å². The molecule has 2 rings (SSSR count). The summed E-state index contributed by atoms with van der Waals surface area (Å²) in [4.78, 5) is 16.7. The standard InChI is InChI=1S/C21H31N5O2.HI/c1-5-10-23-20(27)17-9-7-8-16(11-17)13-24-21(22-6-2)25-14-18-12-19(15(3)4)26-28-18;/h7-9,11-12,15H,5-6,10,13-14H2,1-4H3,(H,23,27)(H2,22,24,25);1H. The number of carbonyl (C=O) groups excluding carboxylic acids is 1. The van der Waals surface area contributed by atoms with Gasteiger partial charge in [-0.25, -0.2) is 4.99 Å².